The van der Waals surface area contributed by atoms with Gasteiger partial charge >= 0.3 is 0 Å². The molecule has 1 aromatic heterocycles. The Morgan fingerprint density at radius 3 is 2.62 bits per heavy atom. The van der Waals surface area contributed by atoms with Crippen molar-refractivity contribution < 1.29 is 4.39 Å². The van der Waals surface area contributed by atoms with Crippen molar-refractivity contribution in [2.24, 2.45) is 0 Å². The molecular weight excluding hydrogens is 323 g/mol. The van der Waals surface area contributed by atoms with Crippen molar-refractivity contribution in [3.05, 3.63) is 70.7 Å². The molecule has 0 bridgehead atoms. The molecule has 1 aliphatic rings. The van der Waals surface area contributed by atoms with E-state index in [1.807, 2.05) is 6.07 Å². The van der Waals surface area contributed by atoms with E-state index in [2.05, 4.69) is 67.6 Å². The standard InChI is InChI=1S/C23H27FN2/c1-15-8-5-6-9-18(15)12-13-26-21-14-16(2)25(4)17(3)22(21)19-10-7-11-20(24)23(19)26/h5-11,16-17H,12-14H2,1-4H3. The molecule has 3 heteroatoms. The summed E-state index contributed by atoms with van der Waals surface area (Å²) in [7, 11) is 2.17. The normalized spacial score (nSPS) is 20.5. The van der Waals surface area contributed by atoms with E-state index in [1.165, 1.54) is 22.4 Å². The summed E-state index contributed by atoms with van der Waals surface area (Å²) in [6.45, 7) is 7.47. The third-order valence-corrected chi connectivity index (χ3v) is 6.26. The number of likely N-dealkylation sites (N-methyl/N-ethyl adjacent to an activating group) is 1. The van der Waals surface area contributed by atoms with Gasteiger partial charge in [-0.05, 0) is 57.0 Å². The average Bonchev–Trinajstić information content (AvgIpc) is 2.94. The minimum absolute atomic E-state index is 0.107. The quantitative estimate of drug-likeness (QED) is 0.625. The summed E-state index contributed by atoms with van der Waals surface area (Å²) in [6, 6.07) is 14.8. The van der Waals surface area contributed by atoms with Gasteiger partial charge in [-0.3, -0.25) is 4.90 Å². The van der Waals surface area contributed by atoms with Gasteiger partial charge in [-0.2, -0.15) is 0 Å². The van der Waals surface area contributed by atoms with Gasteiger partial charge in [-0.25, -0.2) is 4.39 Å². The van der Waals surface area contributed by atoms with Crippen LogP contribution in [-0.2, 0) is 19.4 Å². The fourth-order valence-electron chi connectivity index (χ4n) is 4.51. The summed E-state index contributed by atoms with van der Waals surface area (Å²) in [6.07, 6.45) is 1.90. The number of hydrogen-bond acceptors (Lipinski definition) is 1. The smallest absolute Gasteiger partial charge is 0.147 e. The number of aryl methyl sites for hydroxylation is 3. The largest absolute Gasteiger partial charge is 0.341 e. The SMILES string of the molecule is Cc1ccccc1CCn1c2c(c3cccc(F)c31)C(C)N(C)C(C)C2. The number of benzene rings is 2. The predicted molar refractivity (Wildman–Crippen MR) is 106 cm³/mol. The highest BCUT2D eigenvalue weighted by Gasteiger charge is 2.32. The Hall–Kier alpha value is -2.13. The van der Waals surface area contributed by atoms with E-state index in [4.69, 9.17) is 0 Å². The lowest BCUT2D eigenvalue weighted by molar-refractivity contribution is 0.177. The molecule has 0 saturated carbocycles. The molecule has 3 aromatic rings. The average molecular weight is 350 g/mol. The maximum Gasteiger partial charge on any atom is 0.147 e. The Morgan fingerprint density at radius 1 is 1.08 bits per heavy atom. The van der Waals surface area contributed by atoms with E-state index in [9.17, 15) is 4.39 Å². The first-order valence-corrected chi connectivity index (χ1v) is 9.55. The van der Waals surface area contributed by atoms with E-state index in [0.29, 0.717) is 12.1 Å². The lowest BCUT2D eigenvalue weighted by atomic mass is 9.93. The van der Waals surface area contributed by atoms with Crippen molar-refractivity contribution in [1.29, 1.82) is 0 Å². The van der Waals surface area contributed by atoms with Gasteiger partial charge in [-0.1, -0.05) is 36.4 Å². The minimum Gasteiger partial charge on any atom is -0.341 e. The zero-order valence-corrected chi connectivity index (χ0v) is 16.1. The van der Waals surface area contributed by atoms with Crippen LogP contribution in [0.15, 0.2) is 42.5 Å². The van der Waals surface area contributed by atoms with Crippen LogP contribution in [0, 0.1) is 12.7 Å². The van der Waals surface area contributed by atoms with E-state index >= 15 is 0 Å². The van der Waals surface area contributed by atoms with E-state index in [1.54, 1.807) is 6.07 Å². The van der Waals surface area contributed by atoms with Crippen LogP contribution >= 0.6 is 0 Å². The summed E-state index contributed by atoms with van der Waals surface area (Å²) >= 11 is 0. The first kappa shape index (κ1) is 17.3. The summed E-state index contributed by atoms with van der Waals surface area (Å²) in [5, 5.41) is 1.08. The lowest BCUT2D eigenvalue weighted by Gasteiger charge is -2.36. The van der Waals surface area contributed by atoms with Gasteiger partial charge in [-0.15, -0.1) is 0 Å². The number of halogens is 1. The van der Waals surface area contributed by atoms with Crippen LogP contribution in [0.5, 0.6) is 0 Å². The van der Waals surface area contributed by atoms with Gasteiger partial charge in [0.05, 0.1) is 5.52 Å². The highest BCUT2D eigenvalue weighted by Crippen LogP contribution is 2.39. The molecule has 0 aliphatic carbocycles. The number of aromatic nitrogens is 1. The zero-order chi connectivity index (χ0) is 18.4. The van der Waals surface area contributed by atoms with Crippen molar-refractivity contribution >= 4 is 10.9 Å². The van der Waals surface area contributed by atoms with Gasteiger partial charge in [0.15, 0.2) is 0 Å². The van der Waals surface area contributed by atoms with Crippen molar-refractivity contribution in [3.8, 4) is 0 Å². The maximum absolute atomic E-state index is 14.8. The molecule has 2 nitrogen and oxygen atoms in total. The monoisotopic (exact) mass is 350 g/mol. The van der Waals surface area contributed by atoms with Crippen LogP contribution in [0.1, 0.15) is 42.3 Å². The van der Waals surface area contributed by atoms with Crippen LogP contribution in [0.25, 0.3) is 10.9 Å². The van der Waals surface area contributed by atoms with Crippen molar-refractivity contribution in [1.82, 2.24) is 9.47 Å². The Bertz CT molecular complexity index is 956. The third-order valence-electron chi connectivity index (χ3n) is 6.26. The lowest BCUT2D eigenvalue weighted by Crippen LogP contribution is -2.38. The number of hydrogen-bond donors (Lipinski definition) is 0. The zero-order valence-electron chi connectivity index (χ0n) is 16.1. The van der Waals surface area contributed by atoms with Gasteiger partial charge in [0.1, 0.15) is 5.82 Å². The molecule has 0 fully saturated rings. The molecule has 2 aromatic carbocycles. The number of para-hydroxylation sites is 1. The molecule has 0 spiro atoms. The Morgan fingerprint density at radius 2 is 1.85 bits per heavy atom. The second kappa shape index (κ2) is 6.55. The molecule has 26 heavy (non-hydrogen) atoms. The number of rotatable bonds is 3. The maximum atomic E-state index is 14.8. The van der Waals surface area contributed by atoms with Gasteiger partial charge in [0.25, 0.3) is 0 Å². The molecule has 4 rings (SSSR count). The molecule has 2 heterocycles. The van der Waals surface area contributed by atoms with E-state index in [-0.39, 0.29) is 5.82 Å². The molecule has 2 atom stereocenters. The number of fused-ring (bicyclic) bond motifs is 3. The Labute approximate surface area is 155 Å². The summed E-state index contributed by atoms with van der Waals surface area (Å²) in [5.41, 5.74) is 6.05. The molecule has 0 radical (unpaired) electrons. The second-order valence-corrected chi connectivity index (χ2v) is 7.72. The van der Waals surface area contributed by atoms with Crippen LogP contribution in [-0.4, -0.2) is 22.6 Å². The Kier molecular flexibility index (Phi) is 4.36. The molecule has 2 unspecified atom stereocenters. The molecule has 1 aliphatic heterocycles. The topological polar surface area (TPSA) is 8.17 Å². The minimum atomic E-state index is -0.107. The van der Waals surface area contributed by atoms with Gasteiger partial charge in [0, 0.05) is 36.1 Å². The van der Waals surface area contributed by atoms with Crippen molar-refractivity contribution in [2.75, 3.05) is 7.05 Å². The third kappa shape index (κ3) is 2.66. The number of nitrogens with zero attached hydrogens (tertiary/aromatic N) is 2. The first-order chi connectivity index (χ1) is 12.5. The highest BCUT2D eigenvalue weighted by atomic mass is 19.1. The van der Waals surface area contributed by atoms with Crippen molar-refractivity contribution in [3.63, 3.8) is 0 Å². The van der Waals surface area contributed by atoms with Gasteiger partial charge in [0.2, 0.25) is 0 Å². The van der Waals surface area contributed by atoms with Crippen LogP contribution in [0.2, 0.25) is 0 Å². The molecule has 0 saturated heterocycles. The Balaban J connectivity index is 1.84. The molecular formula is C23H27FN2. The van der Waals surface area contributed by atoms with Crippen LogP contribution < -0.4 is 0 Å². The summed E-state index contributed by atoms with van der Waals surface area (Å²) in [5.74, 6) is -0.107. The molecule has 0 N–H and O–H groups in total. The summed E-state index contributed by atoms with van der Waals surface area (Å²) in [4.78, 5) is 2.40. The van der Waals surface area contributed by atoms with E-state index < -0.39 is 0 Å². The second-order valence-electron chi connectivity index (χ2n) is 7.72. The van der Waals surface area contributed by atoms with Crippen LogP contribution in [0.4, 0.5) is 4.39 Å². The molecule has 136 valence electrons. The fraction of sp³-hybridized carbons (Fsp3) is 0.391. The predicted octanol–water partition coefficient (Wildman–Crippen LogP) is 5.27. The fourth-order valence-corrected chi connectivity index (χ4v) is 4.51. The van der Waals surface area contributed by atoms with Gasteiger partial charge < -0.3 is 4.57 Å². The van der Waals surface area contributed by atoms with Crippen molar-refractivity contribution in [2.45, 2.75) is 52.2 Å². The summed E-state index contributed by atoms with van der Waals surface area (Å²) < 4.78 is 17.1. The highest BCUT2D eigenvalue weighted by molar-refractivity contribution is 5.87. The first-order valence-electron chi connectivity index (χ1n) is 9.55. The van der Waals surface area contributed by atoms with Crippen LogP contribution in [0.3, 0.4) is 0 Å². The molecule has 0 amide bonds. The van der Waals surface area contributed by atoms with E-state index in [0.717, 1.165) is 30.3 Å².